The third-order valence-corrected chi connectivity index (χ3v) is 3.31. The first-order valence-electron chi connectivity index (χ1n) is 6.65. The summed E-state index contributed by atoms with van der Waals surface area (Å²) in [6.07, 6.45) is 0.583. The molecule has 1 heterocycles. The largest absolute Gasteiger partial charge is 0.496 e. The third kappa shape index (κ3) is 3.47. The molecule has 0 aliphatic carbocycles. The highest BCUT2D eigenvalue weighted by molar-refractivity contribution is 5.79. The van der Waals surface area contributed by atoms with Gasteiger partial charge in [0.25, 0.3) is 0 Å². The normalized spacial score (nSPS) is 23.2. The van der Waals surface area contributed by atoms with E-state index in [0.717, 1.165) is 11.3 Å². The Morgan fingerprint density at radius 1 is 1.32 bits per heavy atom. The molecule has 2 atom stereocenters. The summed E-state index contributed by atoms with van der Waals surface area (Å²) in [6.45, 7) is 5.33. The Balaban J connectivity index is 2.04. The van der Waals surface area contributed by atoms with Crippen LogP contribution in [0.2, 0.25) is 0 Å². The molecule has 0 unspecified atom stereocenters. The van der Waals surface area contributed by atoms with E-state index in [9.17, 15) is 4.79 Å². The summed E-state index contributed by atoms with van der Waals surface area (Å²) in [7, 11) is 1.63. The lowest BCUT2D eigenvalue weighted by Gasteiger charge is -2.35. The van der Waals surface area contributed by atoms with Crippen LogP contribution >= 0.6 is 0 Å². The van der Waals surface area contributed by atoms with Gasteiger partial charge in [-0.3, -0.25) is 4.79 Å². The Morgan fingerprint density at radius 3 is 2.58 bits per heavy atom. The molecule has 1 saturated heterocycles. The van der Waals surface area contributed by atoms with Crippen molar-refractivity contribution in [3.05, 3.63) is 29.8 Å². The Bertz CT molecular complexity index is 437. The predicted octanol–water partition coefficient (Wildman–Crippen LogP) is 1.87. The highest BCUT2D eigenvalue weighted by atomic mass is 16.5. The van der Waals surface area contributed by atoms with E-state index in [4.69, 9.17) is 9.47 Å². The van der Waals surface area contributed by atoms with Gasteiger partial charge in [-0.15, -0.1) is 0 Å². The second-order valence-electron chi connectivity index (χ2n) is 5.04. The van der Waals surface area contributed by atoms with Crippen molar-refractivity contribution in [2.24, 2.45) is 0 Å². The van der Waals surface area contributed by atoms with Gasteiger partial charge in [-0.05, 0) is 19.9 Å². The monoisotopic (exact) mass is 263 g/mol. The first kappa shape index (κ1) is 13.9. The summed E-state index contributed by atoms with van der Waals surface area (Å²) in [6, 6.07) is 7.65. The van der Waals surface area contributed by atoms with Gasteiger partial charge < -0.3 is 14.4 Å². The number of carbonyl (C=O) groups is 1. The number of methoxy groups -OCH3 is 1. The highest BCUT2D eigenvalue weighted by Crippen LogP contribution is 2.19. The Kier molecular flexibility index (Phi) is 4.43. The smallest absolute Gasteiger partial charge is 0.227 e. The van der Waals surface area contributed by atoms with Crippen molar-refractivity contribution in [3.63, 3.8) is 0 Å². The van der Waals surface area contributed by atoms with Crippen molar-refractivity contribution >= 4 is 5.91 Å². The molecule has 1 aromatic rings. The van der Waals surface area contributed by atoms with E-state index in [0.29, 0.717) is 19.5 Å². The summed E-state index contributed by atoms with van der Waals surface area (Å²) in [5, 5.41) is 0. The van der Waals surface area contributed by atoms with Crippen molar-refractivity contribution in [2.75, 3.05) is 20.2 Å². The van der Waals surface area contributed by atoms with E-state index in [1.807, 2.05) is 43.0 Å². The lowest BCUT2D eigenvalue weighted by Crippen LogP contribution is -2.48. The van der Waals surface area contributed by atoms with Crippen LogP contribution in [0, 0.1) is 0 Å². The molecule has 1 fully saturated rings. The van der Waals surface area contributed by atoms with Crippen molar-refractivity contribution in [2.45, 2.75) is 32.5 Å². The molecule has 2 rings (SSSR count). The number of carbonyl (C=O) groups excluding carboxylic acids is 1. The van der Waals surface area contributed by atoms with Crippen LogP contribution in [0.5, 0.6) is 5.75 Å². The van der Waals surface area contributed by atoms with Crippen LogP contribution in [0.3, 0.4) is 0 Å². The van der Waals surface area contributed by atoms with Crippen LogP contribution in [0.25, 0.3) is 0 Å². The summed E-state index contributed by atoms with van der Waals surface area (Å²) >= 11 is 0. The van der Waals surface area contributed by atoms with Crippen molar-refractivity contribution in [1.82, 2.24) is 4.90 Å². The van der Waals surface area contributed by atoms with E-state index in [-0.39, 0.29) is 18.1 Å². The topological polar surface area (TPSA) is 38.8 Å². The molecule has 19 heavy (non-hydrogen) atoms. The number of hydrogen-bond acceptors (Lipinski definition) is 3. The second kappa shape index (κ2) is 6.06. The predicted molar refractivity (Wildman–Crippen MR) is 73.3 cm³/mol. The fourth-order valence-corrected chi connectivity index (χ4v) is 2.51. The Morgan fingerprint density at radius 2 is 1.95 bits per heavy atom. The molecule has 104 valence electrons. The van der Waals surface area contributed by atoms with Crippen LogP contribution in [0.15, 0.2) is 24.3 Å². The first-order chi connectivity index (χ1) is 9.10. The van der Waals surface area contributed by atoms with E-state index in [1.54, 1.807) is 7.11 Å². The molecule has 1 amide bonds. The third-order valence-electron chi connectivity index (χ3n) is 3.31. The molecular formula is C15H21NO3. The zero-order valence-electron chi connectivity index (χ0n) is 11.8. The number of morpholine rings is 1. The molecule has 0 aromatic heterocycles. The molecule has 1 aliphatic rings. The minimum absolute atomic E-state index is 0.102. The zero-order chi connectivity index (χ0) is 13.8. The van der Waals surface area contributed by atoms with Gasteiger partial charge in [-0.25, -0.2) is 0 Å². The maximum Gasteiger partial charge on any atom is 0.227 e. The summed E-state index contributed by atoms with van der Waals surface area (Å²) in [4.78, 5) is 14.2. The fourth-order valence-electron chi connectivity index (χ4n) is 2.51. The molecule has 0 bridgehead atoms. The molecule has 0 spiro atoms. The van der Waals surface area contributed by atoms with Gasteiger partial charge in [0.2, 0.25) is 5.91 Å². The number of rotatable bonds is 3. The molecular weight excluding hydrogens is 242 g/mol. The Labute approximate surface area is 114 Å². The fraction of sp³-hybridized carbons (Fsp3) is 0.533. The van der Waals surface area contributed by atoms with Crippen molar-refractivity contribution in [3.8, 4) is 5.75 Å². The number of benzene rings is 1. The standard InChI is InChI=1S/C15H21NO3/c1-11-9-16(10-12(2)19-11)15(17)8-13-6-4-5-7-14(13)18-3/h4-7,11-12H,8-10H2,1-3H3/t11-,12+. The maximum atomic E-state index is 12.3. The van der Waals surface area contributed by atoms with Crippen molar-refractivity contribution in [1.29, 1.82) is 0 Å². The number of hydrogen-bond donors (Lipinski definition) is 0. The van der Waals surface area contributed by atoms with Crippen LogP contribution in [-0.4, -0.2) is 43.2 Å². The molecule has 1 aliphatic heterocycles. The SMILES string of the molecule is COc1ccccc1CC(=O)N1C[C@@H](C)O[C@@H](C)C1. The number of ether oxygens (including phenoxy) is 2. The second-order valence-corrected chi connectivity index (χ2v) is 5.04. The van der Waals surface area contributed by atoms with E-state index in [2.05, 4.69) is 0 Å². The average Bonchev–Trinajstić information content (AvgIpc) is 2.38. The van der Waals surface area contributed by atoms with Gasteiger partial charge >= 0.3 is 0 Å². The molecule has 0 saturated carbocycles. The number of para-hydroxylation sites is 1. The van der Waals surface area contributed by atoms with Crippen LogP contribution in [0.1, 0.15) is 19.4 Å². The van der Waals surface area contributed by atoms with E-state index in [1.165, 1.54) is 0 Å². The van der Waals surface area contributed by atoms with Gasteiger partial charge in [0, 0.05) is 18.7 Å². The minimum atomic E-state index is 0.102. The maximum absolute atomic E-state index is 12.3. The molecule has 1 aromatic carbocycles. The Hall–Kier alpha value is -1.55. The minimum Gasteiger partial charge on any atom is -0.496 e. The lowest BCUT2D eigenvalue weighted by atomic mass is 10.1. The van der Waals surface area contributed by atoms with Crippen molar-refractivity contribution < 1.29 is 14.3 Å². The van der Waals surface area contributed by atoms with Gasteiger partial charge in [0.1, 0.15) is 5.75 Å². The number of amides is 1. The van der Waals surface area contributed by atoms with Crippen LogP contribution < -0.4 is 4.74 Å². The highest BCUT2D eigenvalue weighted by Gasteiger charge is 2.26. The van der Waals surface area contributed by atoms with E-state index >= 15 is 0 Å². The molecule has 0 N–H and O–H groups in total. The quantitative estimate of drug-likeness (QED) is 0.835. The van der Waals surface area contributed by atoms with Gasteiger partial charge in [-0.1, -0.05) is 18.2 Å². The summed E-state index contributed by atoms with van der Waals surface area (Å²) in [5.41, 5.74) is 0.932. The molecule has 0 radical (unpaired) electrons. The van der Waals surface area contributed by atoms with Gasteiger partial charge in [-0.2, -0.15) is 0 Å². The van der Waals surface area contributed by atoms with E-state index < -0.39 is 0 Å². The van der Waals surface area contributed by atoms with Gasteiger partial charge in [0.05, 0.1) is 25.7 Å². The lowest BCUT2D eigenvalue weighted by molar-refractivity contribution is -0.142. The molecule has 4 heteroatoms. The summed E-state index contributed by atoms with van der Waals surface area (Å²) in [5.74, 6) is 0.900. The zero-order valence-corrected chi connectivity index (χ0v) is 11.8. The van der Waals surface area contributed by atoms with Crippen LogP contribution in [-0.2, 0) is 16.0 Å². The van der Waals surface area contributed by atoms with Gasteiger partial charge in [0.15, 0.2) is 0 Å². The summed E-state index contributed by atoms with van der Waals surface area (Å²) < 4.78 is 10.9. The number of nitrogens with zero attached hydrogens (tertiary/aromatic N) is 1. The first-order valence-corrected chi connectivity index (χ1v) is 6.65. The van der Waals surface area contributed by atoms with Crippen LogP contribution in [0.4, 0.5) is 0 Å². The molecule has 4 nitrogen and oxygen atoms in total. The average molecular weight is 263 g/mol.